The van der Waals surface area contributed by atoms with Crippen molar-refractivity contribution in [1.29, 1.82) is 0 Å². The maximum absolute atomic E-state index is 12.2. The van der Waals surface area contributed by atoms with Crippen LogP contribution < -0.4 is 5.32 Å². The zero-order valence-electron chi connectivity index (χ0n) is 10.5. The standard InChI is InChI=1S/C12H14F3NO3S/c1-6-2-3-7(9(20)4-6)10(18)8(5-17)16-11(19)12(13,14)15/h2-4,8,10,17-18,20H,5H2,1H3,(H,16,19). The second-order valence-corrected chi connectivity index (χ2v) is 4.75. The molecule has 2 atom stereocenters. The van der Waals surface area contributed by atoms with Gasteiger partial charge in [-0.2, -0.15) is 13.2 Å². The topological polar surface area (TPSA) is 69.6 Å². The molecule has 0 saturated carbocycles. The number of hydrogen-bond acceptors (Lipinski definition) is 4. The van der Waals surface area contributed by atoms with E-state index in [1.54, 1.807) is 24.4 Å². The number of aliphatic hydroxyl groups excluding tert-OH is 2. The van der Waals surface area contributed by atoms with Crippen molar-refractivity contribution in [2.45, 2.75) is 30.1 Å². The van der Waals surface area contributed by atoms with E-state index in [1.807, 2.05) is 0 Å². The summed E-state index contributed by atoms with van der Waals surface area (Å²) in [6, 6.07) is 3.25. The van der Waals surface area contributed by atoms with Gasteiger partial charge in [0.15, 0.2) is 0 Å². The van der Waals surface area contributed by atoms with Gasteiger partial charge in [0, 0.05) is 4.90 Å². The normalized spacial score (nSPS) is 14.8. The summed E-state index contributed by atoms with van der Waals surface area (Å²) in [6.07, 6.45) is -6.58. The Morgan fingerprint density at radius 1 is 1.45 bits per heavy atom. The molecule has 0 radical (unpaired) electrons. The van der Waals surface area contributed by atoms with Gasteiger partial charge >= 0.3 is 12.1 Å². The van der Waals surface area contributed by atoms with Crippen molar-refractivity contribution in [2.75, 3.05) is 6.61 Å². The molecule has 8 heteroatoms. The second kappa shape index (κ2) is 6.47. The fourth-order valence-corrected chi connectivity index (χ4v) is 2.01. The van der Waals surface area contributed by atoms with Crippen LogP contribution in [0.2, 0.25) is 0 Å². The van der Waals surface area contributed by atoms with E-state index < -0.39 is 30.8 Å². The van der Waals surface area contributed by atoms with Crippen LogP contribution in [-0.2, 0) is 4.79 Å². The third-order valence-electron chi connectivity index (χ3n) is 2.66. The number of carbonyl (C=O) groups excluding carboxylic acids is 1. The van der Waals surface area contributed by atoms with Crippen LogP contribution in [-0.4, -0.2) is 34.9 Å². The molecule has 1 amide bonds. The first-order valence-electron chi connectivity index (χ1n) is 5.63. The highest BCUT2D eigenvalue weighted by Crippen LogP contribution is 2.25. The highest BCUT2D eigenvalue weighted by atomic mass is 32.1. The molecule has 2 unspecified atom stereocenters. The monoisotopic (exact) mass is 309 g/mol. The molecule has 0 saturated heterocycles. The third-order valence-corrected chi connectivity index (χ3v) is 3.04. The number of hydrogen-bond donors (Lipinski definition) is 4. The van der Waals surface area contributed by atoms with Crippen LogP contribution in [0, 0.1) is 6.92 Å². The molecule has 20 heavy (non-hydrogen) atoms. The minimum atomic E-state index is -5.08. The summed E-state index contributed by atoms with van der Waals surface area (Å²) in [6.45, 7) is 0.939. The molecule has 0 bridgehead atoms. The zero-order chi connectivity index (χ0) is 15.5. The lowest BCUT2D eigenvalue weighted by molar-refractivity contribution is -0.175. The molecule has 0 aliphatic carbocycles. The highest BCUT2D eigenvalue weighted by molar-refractivity contribution is 7.80. The van der Waals surface area contributed by atoms with Gasteiger partial charge in [0.2, 0.25) is 0 Å². The van der Waals surface area contributed by atoms with E-state index in [4.69, 9.17) is 5.11 Å². The molecule has 0 heterocycles. The van der Waals surface area contributed by atoms with Crippen LogP contribution in [0.25, 0.3) is 0 Å². The average molecular weight is 309 g/mol. The Hall–Kier alpha value is -1.25. The Morgan fingerprint density at radius 2 is 2.05 bits per heavy atom. The predicted octanol–water partition coefficient (Wildman–Crippen LogP) is 1.36. The Morgan fingerprint density at radius 3 is 2.50 bits per heavy atom. The molecule has 3 N–H and O–H groups in total. The Kier molecular flexibility index (Phi) is 5.43. The summed E-state index contributed by atoms with van der Waals surface area (Å²) in [5.41, 5.74) is 1.08. The smallest absolute Gasteiger partial charge is 0.394 e. The molecule has 1 aromatic carbocycles. The summed E-state index contributed by atoms with van der Waals surface area (Å²) in [4.78, 5) is 11.2. The van der Waals surface area contributed by atoms with E-state index in [2.05, 4.69) is 12.6 Å². The lowest BCUT2D eigenvalue weighted by atomic mass is 10.0. The van der Waals surface area contributed by atoms with E-state index in [-0.39, 0.29) is 5.56 Å². The summed E-state index contributed by atoms with van der Waals surface area (Å²) in [5.74, 6) is -2.22. The lowest BCUT2D eigenvalue weighted by Crippen LogP contribution is -2.47. The van der Waals surface area contributed by atoms with Gasteiger partial charge in [0.25, 0.3) is 0 Å². The van der Waals surface area contributed by atoms with Crippen molar-refractivity contribution in [2.24, 2.45) is 0 Å². The van der Waals surface area contributed by atoms with Gasteiger partial charge in [-0.15, -0.1) is 12.6 Å². The van der Waals surface area contributed by atoms with Crippen molar-refractivity contribution in [1.82, 2.24) is 5.32 Å². The fraction of sp³-hybridized carbons (Fsp3) is 0.417. The minimum absolute atomic E-state index is 0.223. The third kappa shape index (κ3) is 4.12. The zero-order valence-corrected chi connectivity index (χ0v) is 11.4. The number of aryl methyl sites for hydroxylation is 1. The van der Waals surface area contributed by atoms with E-state index in [0.29, 0.717) is 4.90 Å². The molecular formula is C12H14F3NO3S. The minimum Gasteiger partial charge on any atom is -0.394 e. The van der Waals surface area contributed by atoms with Crippen molar-refractivity contribution >= 4 is 18.5 Å². The number of thiol groups is 1. The van der Waals surface area contributed by atoms with Gasteiger partial charge in [-0.3, -0.25) is 4.79 Å². The first-order chi connectivity index (χ1) is 9.16. The molecule has 0 aliphatic rings. The summed E-state index contributed by atoms with van der Waals surface area (Å²) in [5, 5.41) is 20.6. The van der Waals surface area contributed by atoms with Crippen LogP contribution in [0.4, 0.5) is 13.2 Å². The molecule has 0 spiro atoms. The van der Waals surface area contributed by atoms with Crippen LogP contribution in [0.5, 0.6) is 0 Å². The number of rotatable bonds is 4. The molecule has 112 valence electrons. The molecule has 0 aliphatic heterocycles. The fourth-order valence-electron chi connectivity index (χ4n) is 1.60. The number of benzene rings is 1. The number of halogens is 3. The Balaban J connectivity index is 2.92. The predicted molar refractivity (Wildman–Crippen MR) is 68.5 cm³/mol. The molecule has 0 fully saturated rings. The average Bonchev–Trinajstić information content (AvgIpc) is 2.33. The van der Waals surface area contributed by atoms with Gasteiger partial charge in [0.05, 0.1) is 12.6 Å². The van der Waals surface area contributed by atoms with Crippen molar-refractivity contribution in [3.05, 3.63) is 29.3 Å². The number of alkyl halides is 3. The number of nitrogens with one attached hydrogen (secondary N) is 1. The molecule has 4 nitrogen and oxygen atoms in total. The Bertz CT molecular complexity index is 493. The van der Waals surface area contributed by atoms with Crippen molar-refractivity contribution in [3.8, 4) is 0 Å². The largest absolute Gasteiger partial charge is 0.471 e. The van der Waals surface area contributed by atoms with Gasteiger partial charge in [-0.1, -0.05) is 17.7 Å². The lowest BCUT2D eigenvalue weighted by Gasteiger charge is -2.24. The van der Waals surface area contributed by atoms with Crippen LogP contribution in [0.15, 0.2) is 23.1 Å². The first kappa shape index (κ1) is 16.8. The first-order valence-corrected chi connectivity index (χ1v) is 6.07. The Labute approximate surface area is 119 Å². The molecule has 1 rings (SSSR count). The summed E-state index contributed by atoms with van der Waals surface area (Å²) in [7, 11) is 0. The van der Waals surface area contributed by atoms with Gasteiger partial charge in [0.1, 0.15) is 6.10 Å². The summed E-state index contributed by atoms with van der Waals surface area (Å²) < 4.78 is 36.5. The molecule has 1 aromatic rings. The van der Waals surface area contributed by atoms with Gasteiger partial charge < -0.3 is 15.5 Å². The van der Waals surface area contributed by atoms with E-state index in [1.165, 1.54) is 6.07 Å². The van der Waals surface area contributed by atoms with Crippen molar-refractivity contribution < 1.29 is 28.2 Å². The van der Waals surface area contributed by atoms with Gasteiger partial charge in [-0.05, 0) is 18.6 Å². The SMILES string of the molecule is Cc1ccc(C(O)C(CO)NC(=O)C(F)(F)F)c(S)c1. The maximum Gasteiger partial charge on any atom is 0.471 e. The second-order valence-electron chi connectivity index (χ2n) is 4.27. The van der Waals surface area contributed by atoms with E-state index >= 15 is 0 Å². The van der Waals surface area contributed by atoms with Gasteiger partial charge in [-0.25, -0.2) is 0 Å². The molecule has 0 aromatic heterocycles. The number of amides is 1. The summed E-state index contributed by atoms with van der Waals surface area (Å²) >= 11 is 4.11. The van der Waals surface area contributed by atoms with Crippen LogP contribution in [0.3, 0.4) is 0 Å². The van der Waals surface area contributed by atoms with Crippen molar-refractivity contribution in [3.63, 3.8) is 0 Å². The number of aliphatic hydroxyl groups is 2. The quantitative estimate of drug-likeness (QED) is 0.635. The maximum atomic E-state index is 12.2. The van der Waals surface area contributed by atoms with E-state index in [9.17, 15) is 23.1 Å². The van der Waals surface area contributed by atoms with Crippen LogP contribution >= 0.6 is 12.6 Å². The van der Waals surface area contributed by atoms with E-state index in [0.717, 1.165) is 5.56 Å². The van der Waals surface area contributed by atoms with Crippen LogP contribution in [0.1, 0.15) is 17.2 Å². The molecular weight excluding hydrogens is 295 g/mol. The highest BCUT2D eigenvalue weighted by Gasteiger charge is 2.40. The number of carbonyl (C=O) groups is 1.